The Hall–Kier alpha value is -3.22. The highest BCUT2D eigenvalue weighted by molar-refractivity contribution is 5.80. The lowest BCUT2D eigenvalue weighted by Crippen LogP contribution is -2.39. The number of carbonyl (C=O) groups excluding carboxylic acids is 1. The molecule has 144 valence electrons. The first kappa shape index (κ1) is 20.1. The normalized spacial score (nSPS) is 15.9. The van der Waals surface area contributed by atoms with Crippen LogP contribution in [0.3, 0.4) is 0 Å². The number of primary amides is 1. The average Bonchev–Trinajstić information content (AvgIpc) is 3.13. The molecule has 27 heavy (non-hydrogen) atoms. The number of piperidine rings is 1. The Balaban J connectivity index is 0.000000244. The van der Waals surface area contributed by atoms with Crippen molar-refractivity contribution in [3.63, 3.8) is 0 Å². The number of hydrogen-bond donors (Lipinski definition) is 2. The number of carboxylic acid groups (broad SMARTS) is 1. The van der Waals surface area contributed by atoms with Crippen molar-refractivity contribution in [1.82, 2.24) is 4.90 Å². The topological polar surface area (TPSA) is 102 Å². The van der Waals surface area contributed by atoms with Crippen LogP contribution in [0.15, 0.2) is 48.6 Å². The van der Waals surface area contributed by atoms with Gasteiger partial charge in [0.15, 0.2) is 11.5 Å². The Morgan fingerprint density at radius 2 is 1.70 bits per heavy atom. The van der Waals surface area contributed by atoms with Gasteiger partial charge in [-0.1, -0.05) is 36.4 Å². The molecule has 3 N–H and O–H groups in total. The van der Waals surface area contributed by atoms with Crippen LogP contribution in [-0.2, 0) is 4.79 Å². The molecule has 7 nitrogen and oxygen atoms in total. The number of rotatable bonds is 4. The number of likely N-dealkylation sites (tertiary alicyclic amines) is 1. The highest BCUT2D eigenvalue weighted by atomic mass is 16.7. The van der Waals surface area contributed by atoms with Crippen LogP contribution in [0.1, 0.15) is 24.8 Å². The Bertz CT molecular complexity index is 734. The fraction of sp³-hybridized carbons (Fsp3) is 0.300. The summed E-state index contributed by atoms with van der Waals surface area (Å²) >= 11 is 0. The van der Waals surface area contributed by atoms with Crippen LogP contribution in [0.4, 0.5) is 4.79 Å². The van der Waals surface area contributed by atoms with Crippen LogP contribution in [0.2, 0.25) is 0 Å². The molecule has 1 fully saturated rings. The molecule has 1 aromatic carbocycles. The Kier molecular flexibility index (Phi) is 7.96. The second kappa shape index (κ2) is 10.7. The molecule has 0 aromatic heterocycles. The fourth-order valence-corrected chi connectivity index (χ4v) is 2.56. The van der Waals surface area contributed by atoms with Gasteiger partial charge in [-0.25, -0.2) is 9.59 Å². The summed E-state index contributed by atoms with van der Waals surface area (Å²) < 4.78 is 10.5. The number of aliphatic carboxylic acids is 1. The summed E-state index contributed by atoms with van der Waals surface area (Å²) in [4.78, 5) is 22.4. The number of carbonyl (C=O) groups is 2. The van der Waals surface area contributed by atoms with Gasteiger partial charge in [0.2, 0.25) is 6.79 Å². The van der Waals surface area contributed by atoms with Crippen LogP contribution in [-0.4, -0.2) is 41.9 Å². The van der Waals surface area contributed by atoms with Crippen LogP contribution < -0.4 is 15.2 Å². The van der Waals surface area contributed by atoms with Gasteiger partial charge in [-0.2, -0.15) is 0 Å². The number of nitrogens with zero attached hydrogens (tertiary/aromatic N) is 1. The van der Waals surface area contributed by atoms with E-state index in [1.807, 2.05) is 30.4 Å². The molecule has 2 aliphatic heterocycles. The minimum Gasteiger partial charge on any atom is -0.478 e. The average molecular weight is 372 g/mol. The summed E-state index contributed by atoms with van der Waals surface area (Å²) in [5.74, 6) is 0.540. The molecular formula is C20H24N2O5. The summed E-state index contributed by atoms with van der Waals surface area (Å²) in [5.41, 5.74) is 6.05. The van der Waals surface area contributed by atoms with E-state index in [1.54, 1.807) is 17.1 Å². The van der Waals surface area contributed by atoms with Crippen molar-refractivity contribution in [2.45, 2.75) is 19.3 Å². The van der Waals surface area contributed by atoms with Gasteiger partial charge in [0.25, 0.3) is 0 Å². The number of ether oxygens (including phenoxy) is 2. The number of hydrogen-bond acceptors (Lipinski definition) is 4. The zero-order valence-corrected chi connectivity index (χ0v) is 15.0. The summed E-state index contributed by atoms with van der Waals surface area (Å²) in [5, 5.41) is 8.37. The maximum atomic E-state index is 10.5. The van der Waals surface area contributed by atoms with E-state index in [-0.39, 0.29) is 12.8 Å². The van der Waals surface area contributed by atoms with Crippen molar-refractivity contribution < 1.29 is 24.2 Å². The van der Waals surface area contributed by atoms with Crippen molar-refractivity contribution in [2.24, 2.45) is 5.73 Å². The van der Waals surface area contributed by atoms with Gasteiger partial charge in [0.1, 0.15) is 0 Å². The zero-order valence-electron chi connectivity index (χ0n) is 15.0. The second-order valence-electron chi connectivity index (χ2n) is 5.94. The van der Waals surface area contributed by atoms with E-state index >= 15 is 0 Å². The molecule has 0 spiro atoms. The van der Waals surface area contributed by atoms with E-state index < -0.39 is 5.97 Å². The van der Waals surface area contributed by atoms with Crippen molar-refractivity contribution in [3.05, 3.63) is 54.1 Å². The molecule has 2 amide bonds. The fourth-order valence-electron chi connectivity index (χ4n) is 2.56. The van der Waals surface area contributed by atoms with Gasteiger partial charge < -0.3 is 25.2 Å². The highest BCUT2D eigenvalue weighted by Gasteiger charge is 2.12. The van der Waals surface area contributed by atoms with E-state index in [0.717, 1.165) is 49.1 Å². The van der Waals surface area contributed by atoms with Crippen molar-refractivity contribution in [1.29, 1.82) is 0 Å². The minimum absolute atomic E-state index is 0.266. The van der Waals surface area contributed by atoms with Gasteiger partial charge in [-0.15, -0.1) is 0 Å². The smallest absolute Gasteiger partial charge is 0.328 e. The van der Waals surface area contributed by atoms with E-state index in [9.17, 15) is 9.59 Å². The third kappa shape index (κ3) is 7.27. The molecule has 0 unspecified atom stereocenters. The number of carboxylic acids is 1. The van der Waals surface area contributed by atoms with Gasteiger partial charge in [-0.3, -0.25) is 0 Å². The number of allylic oxidation sites excluding steroid dienone is 4. The first-order valence-electron chi connectivity index (χ1n) is 8.74. The van der Waals surface area contributed by atoms with Crippen LogP contribution >= 0.6 is 0 Å². The maximum absolute atomic E-state index is 10.5. The molecule has 0 saturated carbocycles. The molecular weight excluding hydrogens is 348 g/mol. The van der Waals surface area contributed by atoms with Gasteiger partial charge in [-0.05, 0) is 37.0 Å². The molecule has 0 atom stereocenters. The predicted molar refractivity (Wildman–Crippen MR) is 103 cm³/mol. The molecule has 2 heterocycles. The molecule has 1 saturated heterocycles. The molecule has 1 aromatic rings. The lowest BCUT2D eigenvalue weighted by Gasteiger charge is -2.24. The lowest BCUT2D eigenvalue weighted by molar-refractivity contribution is -0.131. The van der Waals surface area contributed by atoms with E-state index in [4.69, 9.17) is 20.3 Å². The monoisotopic (exact) mass is 372 g/mol. The first-order chi connectivity index (χ1) is 13.1. The Morgan fingerprint density at radius 1 is 1.00 bits per heavy atom. The summed E-state index contributed by atoms with van der Waals surface area (Å²) in [6.45, 7) is 1.98. The molecule has 0 aliphatic carbocycles. The van der Waals surface area contributed by atoms with Crippen molar-refractivity contribution in [3.8, 4) is 11.5 Å². The van der Waals surface area contributed by atoms with Crippen LogP contribution in [0.25, 0.3) is 6.08 Å². The molecule has 3 rings (SSSR count). The standard InChI is InChI=1S/C14H12O4.C6H12N2O/c15-14(16)6-4-2-1-3-5-11-7-8-12-13(9-11)18-10-17-12;7-6(9)8-4-2-1-3-5-8/h1-9H,10H2,(H,15,16);1-5H2,(H2,7,9)/b2-1+,5-3+,6-4+;. The largest absolute Gasteiger partial charge is 0.478 e. The van der Waals surface area contributed by atoms with Crippen molar-refractivity contribution in [2.75, 3.05) is 19.9 Å². The lowest BCUT2D eigenvalue weighted by atomic mass is 10.1. The number of benzene rings is 1. The van der Waals surface area contributed by atoms with E-state index in [2.05, 4.69) is 0 Å². The molecule has 2 aliphatic rings. The number of fused-ring (bicyclic) bond motifs is 1. The van der Waals surface area contributed by atoms with Crippen molar-refractivity contribution >= 4 is 18.1 Å². The van der Waals surface area contributed by atoms with Crippen LogP contribution in [0, 0.1) is 0 Å². The van der Waals surface area contributed by atoms with E-state index in [0.29, 0.717) is 0 Å². The Labute approximate surface area is 158 Å². The van der Waals surface area contributed by atoms with Gasteiger partial charge in [0, 0.05) is 19.2 Å². The summed E-state index contributed by atoms with van der Waals surface area (Å²) in [6.07, 6.45) is 13.1. The highest BCUT2D eigenvalue weighted by Crippen LogP contribution is 2.32. The number of amides is 2. The van der Waals surface area contributed by atoms with Gasteiger partial charge in [0.05, 0.1) is 0 Å². The summed E-state index contributed by atoms with van der Waals surface area (Å²) in [6, 6.07) is 5.40. The molecule has 0 bridgehead atoms. The predicted octanol–water partition coefficient (Wildman–Crippen LogP) is 3.18. The molecule has 7 heteroatoms. The quantitative estimate of drug-likeness (QED) is 0.624. The third-order valence-corrected chi connectivity index (χ3v) is 3.93. The Morgan fingerprint density at radius 3 is 2.37 bits per heavy atom. The molecule has 0 radical (unpaired) electrons. The maximum Gasteiger partial charge on any atom is 0.328 e. The number of nitrogens with two attached hydrogens (primary N) is 1. The zero-order chi connectivity index (χ0) is 19.5. The SMILES string of the molecule is NC(=O)N1CCCCC1.O=C(O)/C=C/C=C/C=C/c1ccc2c(c1)OCO2. The third-order valence-electron chi connectivity index (χ3n) is 3.93. The van der Waals surface area contributed by atoms with Gasteiger partial charge >= 0.3 is 12.0 Å². The van der Waals surface area contributed by atoms with Crippen LogP contribution in [0.5, 0.6) is 11.5 Å². The first-order valence-corrected chi connectivity index (χ1v) is 8.74. The summed E-state index contributed by atoms with van der Waals surface area (Å²) in [7, 11) is 0. The van der Waals surface area contributed by atoms with E-state index in [1.165, 1.54) is 12.5 Å². The minimum atomic E-state index is -0.959. The number of urea groups is 1. The second-order valence-corrected chi connectivity index (χ2v) is 5.94.